The molecule has 26 heavy (non-hydrogen) atoms. The number of piperidine rings is 1. The lowest BCUT2D eigenvalue weighted by Crippen LogP contribution is -2.60. The Morgan fingerprint density at radius 2 is 1.62 bits per heavy atom. The second-order valence-electron chi connectivity index (χ2n) is 8.22. The average molecular weight is 366 g/mol. The topological polar surface area (TPSA) is 53.1 Å². The zero-order valence-electron chi connectivity index (χ0n) is 16.5. The van der Waals surface area contributed by atoms with Gasteiger partial charge in [-0.2, -0.15) is 0 Å². The monoisotopic (exact) mass is 365 g/mol. The molecule has 0 aromatic heterocycles. The lowest BCUT2D eigenvalue weighted by molar-refractivity contribution is -0.145. The summed E-state index contributed by atoms with van der Waals surface area (Å²) < 4.78 is 4.98. The smallest absolute Gasteiger partial charge is 0.248 e. The largest absolute Gasteiger partial charge is 0.375 e. The van der Waals surface area contributed by atoms with Crippen molar-refractivity contribution in [3.05, 3.63) is 0 Å². The first-order valence-electron chi connectivity index (χ1n) is 10.4. The predicted octanol–water partition coefficient (Wildman–Crippen LogP) is 1.74. The third kappa shape index (κ3) is 4.39. The lowest BCUT2D eigenvalue weighted by Gasteiger charge is -2.44. The van der Waals surface area contributed by atoms with Crippen LogP contribution in [-0.4, -0.2) is 85.0 Å². The van der Waals surface area contributed by atoms with E-state index in [0.29, 0.717) is 31.0 Å². The fourth-order valence-electron chi connectivity index (χ4n) is 4.99. The van der Waals surface area contributed by atoms with Crippen molar-refractivity contribution < 1.29 is 14.3 Å². The van der Waals surface area contributed by atoms with Crippen LogP contribution in [0.4, 0.5) is 0 Å². The fraction of sp³-hybridized carbons (Fsp3) is 0.900. The van der Waals surface area contributed by atoms with Crippen molar-refractivity contribution in [2.45, 2.75) is 64.0 Å². The molecule has 3 fully saturated rings. The van der Waals surface area contributed by atoms with Gasteiger partial charge in [0.15, 0.2) is 0 Å². The van der Waals surface area contributed by atoms with Gasteiger partial charge in [0.1, 0.15) is 6.61 Å². The van der Waals surface area contributed by atoms with E-state index in [1.54, 1.807) is 7.11 Å². The van der Waals surface area contributed by atoms with E-state index in [4.69, 9.17) is 4.74 Å². The standard InChI is InChI=1S/C20H35N3O3/c1-16-7-5-6-10-23(16)20(25)19(17-8-3-4-9-17)22-13-11-21(12-14-22)18(24)15-26-2/h16-17,19H,3-15H2,1-2H3. The summed E-state index contributed by atoms with van der Waals surface area (Å²) >= 11 is 0. The van der Waals surface area contributed by atoms with Gasteiger partial charge in [0.2, 0.25) is 11.8 Å². The van der Waals surface area contributed by atoms with Gasteiger partial charge in [-0.05, 0) is 44.9 Å². The van der Waals surface area contributed by atoms with Gasteiger partial charge in [0.25, 0.3) is 0 Å². The van der Waals surface area contributed by atoms with Gasteiger partial charge in [-0.25, -0.2) is 0 Å². The number of hydrogen-bond acceptors (Lipinski definition) is 4. The number of ether oxygens (including phenoxy) is 1. The van der Waals surface area contributed by atoms with Gasteiger partial charge in [-0.15, -0.1) is 0 Å². The van der Waals surface area contributed by atoms with Crippen molar-refractivity contribution >= 4 is 11.8 Å². The van der Waals surface area contributed by atoms with Crippen LogP contribution in [0.15, 0.2) is 0 Å². The van der Waals surface area contributed by atoms with E-state index in [9.17, 15) is 9.59 Å². The number of hydrogen-bond donors (Lipinski definition) is 0. The minimum absolute atomic E-state index is 0.0118. The maximum absolute atomic E-state index is 13.5. The quantitative estimate of drug-likeness (QED) is 0.745. The summed E-state index contributed by atoms with van der Waals surface area (Å²) in [6, 6.07) is 0.377. The van der Waals surface area contributed by atoms with Crippen LogP contribution < -0.4 is 0 Å². The third-order valence-electron chi connectivity index (χ3n) is 6.51. The molecule has 3 aliphatic rings. The van der Waals surface area contributed by atoms with E-state index in [0.717, 1.165) is 32.5 Å². The van der Waals surface area contributed by atoms with Gasteiger partial charge in [-0.3, -0.25) is 14.5 Å². The van der Waals surface area contributed by atoms with Crippen molar-refractivity contribution in [2.24, 2.45) is 5.92 Å². The summed E-state index contributed by atoms with van der Waals surface area (Å²) in [7, 11) is 1.56. The molecule has 0 radical (unpaired) electrons. The molecule has 2 amide bonds. The Hall–Kier alpha value is -1.14. The number of nitrogens with zero attached hydrogens (tertiary/aromatic N) is 3. The van der Waals surface area contributed by atoms with Gasteiger partial charge in [0, 0.05) is 45.9 Å². The minimum Gasteiger partial charge on any atom is -0.375 e. The number of likely N-dealkylation sites (tertiary alicyclic amines) is 1. The molecule has 0 spiro atoms. The molecule has 2 heterocycles. The molecular formula is C20H35N3O3. The molecule has 1 aliphatic carbocycles. The molecular weight excluding hydrogens is 330 g/mol. The summed E-state index contributed by atoms with van der Waals surface area (Å²) in [6.07, 6.45) is 8.32. The van der Waals surface area contributed by atoms with Crippen molar-refractivity contribution in [3.8, 4) is 0 Å². The highest BCUT2D eigenvalue weighted by molar-refractivity contribution is 5.83. The van der Waals surface area contributed by atoms with Crippen molar-refractivity contribution in [1.82, 2.24) is 14.7 Å². The second-order valence-corrected chi connectivity index (χ2v) is 8.22. The van der Waals surface area contributed by atoms with E-state index in [1.807, 2.05) is 4.90 Å². The first kappa shape index (κ1) is 19.6. The zero-order chi connectivity index (χ0) is 18.5. The first-order valence-corrected chi connectivity index (χ1v) is 10.4. The van der Waals surface area contributed by atoms with Crippen molar-refractivity contribution in [3.63, 3.8) is 0 Å². The second kappa shape index (κ2) is 9.18. The van der Waals surface area contributed by atoms with Gasteiger partial charge >= 0.3 is 0 Å². The Bertz CT molecular complexity index is 485. The molecule has 6 nitrogen and oxygen atoms in total. The molecule has 2 saturated heterocycles. The number of rotatable bonds is 5. The van der Waals surface area contributed by atoms with Crippen LogP contribution in [0.1, 0.15) is 51.9 Å². The fourth-order valence-corrected chi connectivity index (χ4v) is 4.99. The number of carbonyl (C=O) groups excluding carboxylic acids is 2. The molecule has 2 atom stereocenters. The van der Waals surface area contributed by atoms with E-state index in [-0.39, 0.29) is 18.6 Å². The highest BCUT2D eigenvalue weighted by atomic mass is 16.5. The average Bonchev–Trinajstić information content (AvgIpc) is 3.17. The van der Waals surface area contributed by atoms with E-state index >= 15 is 0 Å². The number of piperazine rings is 1. The SMILES string of the molecule is COCC(=O)N1CCN(C(C(=O)N2CCCCC2C)C2CCCC2)CC1. The summed E-state index contributed by atoms with van der Waals surface area (Å²) in [6.45, 7) is 6.26. The van der Waals surface area contributed by atoms with E-state index in [1.165, 1.54) is 32.1 Å². The van der Waals surface area contributed by atoms with Crippen LogP contribution in [0.2, 0.25) is 0 Å². The maximum Gasteiger partial charge on any atom is 0.248 e. The third-order valence-corrected chi connectivity index (χ3v) is 6.51. The Labute approximate surface area is 157 Å². The maximum atomic E-state index is 13.5. The number of methoxy groups -OCH3 is 1. The molecule has 2 aliphatic heterocycles. The van der Waals surface area contributed by atoms with E-state index in [2.05, 4.69) is 16.7 Å². The summed E-state index contributed by atoms with van der Waals surface area (Å²) in [4.78, 5) is 32.0. The van der Waals surface area contributed by atoms with Crippen LogP contribution in [0.25, 0.3) is 0 Å². The Kier molecular flexibility index (Phi) is 6.92. The Morgan fingerprint density at radius 3 is 2.23 bits per heavy atom. The molecule has 0 aromatic rings. The highest BCUT2D eigenvalue weighted by Crippen LogP contribution is 2.33. The van der Waals surface area contributed by atoms with Crippen molar-refractivity contribution in [1.29, 1.82) is 0 Å². The molecule has 0 N–H and O–H groups in total. The van der Waals surface area contributed by atoms with Gasteiger partial charge in [-0.1, -0.05) is 12.8 Å². The molecule has 148 valence electrons. The number of carbonyl (C=O) groups is 2. The van der Waals surface area contributed by atoms with Crippen LogP contribution in [-0.2, 0) is 14.3 Å². The zero-order valence-corrected chi connectivity index (χ0v) is 16.5. The van der Waals surface area contributed by atoms with Crippen LogP contribution in [0.5, 0.6) is 0 Å². The Balaban J connectivity index is 1.67. The molecule has 0 bridgehead atoms. The lowest BCUT2D eigenvalue weighted by atomic mass is 9.92. The normalized spacial score (nSPS) is 26.9. The molecule has 3 rings (SSSR count). The summed E-state index contributed by atoms with van der Waals surface area (Å²) in [5, 5.41) is 0. The van der Waals surface area contributed by atoms with Crippen LogP contribution in [0, 0.1) is 5.92 Å². The Morgan fingerprint density at radius 1 is 0.962 bits per heavy atom. The van der Waals surface area contributed by atoms with Crippen molar-refractivity contribution in [2.75, 3.05) is 46.4 Å². The first-order chi connectivity index (χ1) is 12.6. The van der Waals surface area contributed by atoms with Gasteiger partial charge < -0.3 is 14.5 Å². The predicted molar refractivity (Wildman–Crippen MR) is 101 cm³/mol. The minimum atomic E-state index is 0.0118. The van der Waals surface area contributed by atoms with Gasteiger partial charge in [0.05, 0.1) is 6.04 Å². The number of amides is 2. The molecule has 0 aromatic carbocycles. The molecule has 6 heteroatoms. The summed E-state index contributed by atoms with van der Waals surface area (Å²) in [5.41, 5.74) is 0. The van der Waals surface area contributed by atoms with E-state index < -0.39 is 0 Å². The molecule has 1 saturated carbocycles. The molecule has 2 unspecified atom stereocenters. The summed E-state index contributed by atoms with van der Waals surface area (Å²) in [5.74, 6) is 0.888. The van der Waals surface area contributed by atoms with Crippen LogP contribution >= 0.6 is 0 Å². The highest BCUT2D eigenvalue weighted by Gasteiger charge is 2.40. The van der Waals surface area contributed by atoms with Crippen LogP contribution in [0.3, 0.4) is 0 Å².